The van der Waals surface area contributed by atoms with Gasteiger partial charge in [0.05, 0.1) is 5.57 Å². The molecule has 10 nitrogen and oxygen atoms in total. The Balaban J connectivity index is 2.01. The number of carbonyl (C=O) groups excluding carboxylic acids is 5. The van der Waals surface area contributed by atoms with Crippen LogP contribution in [0.25, 0.3) is 0 Å². The maximum atomic E-state index is 12.7. The van der Waals surface area contributed by atoms with Crippen LogP contribution >= 0.6 is 0 Å². The predicted molar refractivity (Wildman–Crippen MR) is 114 cm³/mol. The summed E-state index contributed by atoms with van der Waals surface area (Å²) in [6.07, 6.45) is 3.11. The van der Waals surface area contributed by atoms with Gasteiger partial charge in [-0.15, -0.1) is 0 Å². The Morgan fingerprint density at radius 1 is 1.15 bits per heavy atom. The SMILES string of the molecule is CC(=O)OCC1=C2/C(=C\[C@]3(C)OC(=CC3=O)[C@@H](C)C[C@@H]2OC(=O)/C=C(/C)COC(C)=O)OC1=O. The van der Waals surface area contributed by atoms with E-state index in [1.54, 1.807) is 20.8 Å². The first-order valence-corrected chi connectivity index (χ1v) is 10.7. The first kappa shape index (κ1) is 24.9. The molecule has 3 rings (SSSR count). The summed E-state index contributed by atoms with van der Waals surface area (Å²) in [5.74, 6) is -2.87. The third-order valence-corrected chi connectivity index (χ3v) is 5.46. The summed E-state index contributed by atoms with van der Waals surface area (Å²) in [7, 11) is 0. The number of carbonyl (C=O) groups is 5. The van der Waals surface area contributed by atoms with E-state index in [1.807, 2.05) is 0 Å². The average molecular weight is 474 g/mol. The topological polar surface area (TPSA) is 132 Å². The van der Waals surface area contributed by atoms with Crippen molar-refractivity contribution < 1.29 is 47.7 Å². The number of fused-ring (bicyclic) bond motifs is 3. The Morgan fingerprint density at radius 3 is 2.47 bits per heavy atom. The molecule has 10 heteroatoms. The summed E-state index contributed by atoms with van der Waals surface area (Å²) in [6.45, 7) is 6.91. The second-order valence-corrected chi connectivity index (χ2v) is 8.52. The lowest BCUT2D eigenvalue weighted by Gasteiger charge is -2.23. The monoisotopic (exact) mass is 474 g/mol. The maximum absolute atomic E-state index is 12.7. The molecule has 0 N–H and O–H groups in total. The van der Waals surface area contributed by atoms with Gasteiger partial charge in [-0.3, -0.25) is 14.4 Å². The Bertz CT molecular complexity index is 1070. The molecular formula is C24H26O10. The highest BCUT2D eigenvalue weighted by atomic mass is 16.6. The lowest BCUT2D eigenvalue weighted by atomic mass is 9.90. The highest BCUT2D eigenvalue weighted by molar-refractivity contribution is 6.02. The van der Waals surface area contributed by atoms with Gasteiger partial charge in [-0.05, 0) is 25.8 Å². The molecular weight excluding hydrogens is 448 g/mol. The molecule has 3 heterocycles. The Kier molecular flexibility index (Phi) is 7.09. The lowest BCUT2D eigenvalue weighted by molar-refractivity contribution is -0.143. The number of ketones is 1. The standard InChI is InChI=1S/C24H26O10/c1-12(10-30-14(3)25)6-21(28)32-18-7-13(2)17-8-20(27)24(5,34-17)9-19-22(18)16(23(29)33-19)11-31-15(4)26/h6,8-9,13,18H,7,10-11H2,1-5H3/b12-6-,19-9+/t13-,18-,24-/m0/s1. The molecule has 0 amide bonds. The molecule has 3 atom stereocenters. The molecule has 3 aliphatic rings. The minimum absolute atomic E-state index is 0.00478. The number of rotatable bonds is 6. The Labute approximate surface area is 196 Å². The van der Waals surface area contributed by atoms with E-state index in [0.717, 1.165) is 0 Å². The summed E-state index contributed by atoms with van der Waals surface area (Å²) in [5.41, 5.74) is -0.734. The molecule has 3 aliphatic heterocycles. The van der Waals surface area contributed by atoms with E-state index in [1.165, 1.54) is 32.1 Å². The first-order chi connectivity index (χ1) is 15.9. The van der Waals surface area contributed by atoms with Gasteiger partial charge >= 0.3 is 23.9 Å². The highest BCUT2D eigenvalue weighted by Crippen LogP contribution is 2.42. The van der Waals surface area contributed by atoms with Crippen LogP contribution in [0, 0.1) is 5.92 Å². The molecule has 2 bridgehead atoms. The summed E-state index contributed by atoms with van der Waals surface area (Å²) in [4.78, 5) is 60.3. The fraction of sp³-hybridized carbons (Fsp3) is 0.458. The van der Waals surface area contributed by atoms with Crippen molar-refractivity contribution in [2.24, 2.45) is 5.92 Å². The fourth-order valence-corrected chi connectivity index (χ4v) is 3.73. The fourth-order valence-electron chi connectivity index (χ4n) is 3.73. The second-order valence-electron chi connectivity index (χ2n) is 8.52. The number of hydrogen-bond donors (Lipinski definition) is 0. The zero-order valence-corrected chi connectivity index (χ0v) is 19.6. The molecule has 0 aromatic carbocycles. The third-order valence-electron chi connectivity index (χ3n) is 5.46. The van der Waals surface area contributed by atoms with Crippen molar-refractivity contribution in [3.8, 4) is 0 Å². The predicted octanol–water partition coefficient (Wildman–Crippen LogP) is 1.99. The van der Waals surface area contributed by atoms with Gasteiger partial charge in [0.15, 0.2) is 5.60 Å². The molecule has 182 valence electrons. The molecule has 0 spiro atoms. The summed E-state index contributed by atoms with van der Waals surface area (Å²) in [5, 5.41) is 0. The van der Waals surface area contributed by atoms with Crippen molar-refractivity contribution >= 4 is 29.7 Å². The van der Waals surface area contributed by atoms with Gasteiger partial charge < -0.3 is 23.7 Å². The molecule has 0 saturated heterocycles. The van der Waals surface area contributed by atoms with Crippen LogP contribution < -0.4 is 0 Å². The summed E-state index contributed by atoms with van der Waals surface area (Å²) < 4.78 is 26.9. The molecule has 0 radical (unpaired) electrons. The van der Waals surface area contributed by atoms with Gasteiger partial charge in [0.25, 0.3) is 0 Å². The van der Waals surface area contributed by atoms with E-state index in [-0.39, 0.29) is 41.6 Å². The smallest absolute Gasteiger partial charge is 0.343 e. The van der Waals surface area contributed by atoms with Crippen molar-refractivity contribution in [1.82, 2.24) is 0 Å². The Hall–Kier alpha value is -3.69. The summed E-state index contributed by atoms with van der Waals surface area (Å²) >= 11 is 0. The zero-order valence-electron chi connectivity index (χ0n) is 19.6. The van der Waals surface area contributed by atoms with Gasteiger partial charge in [-0.25, -0.2) is 9.59 Å². The van der Waals surface area contributed by atoms with Crippen LogP contribution in [0.2, 0.25) is 0 Å². The third kappa shape index (κ3) is 5.44. The van der Waals surface area contributed by atoms with Crippen molar-refractivity contribution in [2.45, 2.75) is 52.7 Å². The van der Waals surface area contributed by atoms with Crippen LogP contribution in [0.1, 0.15) is 41.0 Å². The molecule has 0 fully saturated rings. The minimum Gasteiger partial charge on any atom is -0.479 e. The normalized spacial score (nSPS) is 27.7. The van der Waals surface area contributed by atoms with Crippen molar-refractivity contribution in [1.29, 1.82) is 0 Å². The van der Waals surface area contributed by atoms with Crippen molar-refractivity contribution in [3.63, 3.8) is 0 Å². The van der Waals surface area contributed by atoms with Gasteiger partial charge in [-0.1, -0.05) is 6.92 Å². The zero-order chi connectivity index (χ0) is 25.2. The van der Waals surface area contributed by atoms with Crippen LogP contribution in [0.5, 0.6) is 0 Å². The van der Waals surface area contributed by atoms with Gasteiger partial charge in [0.1, 0.15) is 30.8 Å². The second kappa shape index (κ2) is 9.66. The maximum Gasteiger partial charge on any atom is 0.343 e. The number of ether oxygens (including phenoxy) is 5. The van der Waals surface area contributed by atoms with Gasteiger partial charge in [0.2, 0.25) is 5.78 Å². The lowest BCUT2D eigenvalue weighted by Crippen LogP contribution is -2.31. The largest absolute Gasteiger partial charge is 0.479 e. The number of hydrogen-bond acceptors (Lipinski definition) is 10. The molecule has 0 unspecified atom stereocenters. The highest BCUT2D eigenvalue weighted by Gasteiger charge is 2.46. The van der Waals surface area contributed by atoms with E-state index in [4.69, 9.17) is 23.7 Å². The molecule has 0 aromatic rings. The van der Waals surface area contributed by atoms with Crippen LogP contribution in [-0.4, -0.2) is 54.6 Å². The number of esters is 4. The van der Waals surface area contributed by atoms with Crippen LogP contribution in [-0.2, 0) is 47.7 Å². The molecule has 0 saturated carbocycles. The minimum atomic E-state index is -1.40. The molecule has 0 aromatic heterocycles. The van der Waals surface area contributed by atoms with Gasteiger partial charge in [0, 0.05) is 43.6 Å². The van der Waals surface area contributed by atoms with Crippen molar-refractivity contribution in [3.05, 3.63) is 46.5 Å². The van der Waals surface area contributed by atoms with Gasteiger partial charge in [-0.2, -0.15) is 0 Å². The van der Waals surface area contributed by atoms with Crippen LogP contribution in [0.4, 0.5) is 0 Å². The van der Waals surface area contributed by atoms with E-state index in [2.05, 4.69) is 0 Å². The van der Waals surface area contributed by atoms with Crippen LogP contribution in [0.3, 0.4) is 0 Å². The molecule has 34 heavy (non-hydrogen) atoms. The Morgan fingerprint density at radius 2 is 1.82 bits per heavy atom. The molecule has 0 aliphatic carbocycles. The van der Waals surface area contributed by atoms with E-state index >= 15 is 0 Å². The quantitative estimate of drug-likeness (QED) is 0.320. The average Bonchev–Trinajstić information content (AvgIpc) is 3.19. The van der Waals surface area contributed by atoms with E-state index < -0.39 is 42.2 Å². The van der Waals surface area contributed by atoms with Crippen LogP contribution in [0.15, 0.2) is 46.5 Å². The summed E-state index contributed by atoms with van der Waals surface area (Å²) in [6, 6.07) is 0. The first-order valence-electron chi connectivity index (χ1n) is 10.7. The van der Waals surface area contributed by atoms with Crippen molar-refractivity contribution in [2.75, 3.05) is 13.2 Å². The van der Waals surface area contributed by atoms with E-state index in [9.17, 15) is 24.0 Å². The van der Waals surface area contributed by atoms with E-state index in [0.29, 0.717) is 11.3 Å². The number of allylic oxidation sites excluding steroid dienone is 1.